The van der Waals surface area contributed by atoms with E-state index in [-0.39, 0.29) is 18.4 Å². The third kappa shape index (κ3) is 5.71. The van der Waals surface area contributed by atoms with Crippen LogP contribution in [-0.4, -0.2) is 64.3 Å². The zero-order valence-electron chi connectivity index (χ0n) is 27.7. The normalized spacial score (nSPS) is 15.2. The molecule has 0 saturated heterocycles. The average Bonchev–Trinajstić information content (AvgIpc) is 3.70. The van der Waals surface area contributed by atoms with Crippen molar-refractivity contribution >= 4 is 34.2 Å². The minimum absolute atomic E-state index is 0.168. The molecule has 5 aromatic rings. The third-order valence-electron chi connectivity index (χ3n) is 9.63. The second-order valence-electron chi connectivity index (χ2n) is 12.8. The summed E-state index contributed by atoms with van der Waals surface area (Å²) in [7, 11) is 5.04. The topological polar surface area (TPSA) is 124 Å². The fourth-order valence-corrected chi connectivity index (χ4v) is 6.66. The zero-order chi connectivity index (χ0) is 33.6. The van der Waals surface area contributed by atoms with E-state index in [1.54, 1.807) is 48.1 Å². The molecule has 0 unspecified atom stereocenters. The van der Waals surface area contributed by atoms with E-state index in [0.29, 0.717) is 55.7 Å². The number of hydrogen-bond acceptors (Lipinski definition) is 9. The van der Waals surface area contributed by atoms with Gasteiger partial charge in [-0.15, -0.1) is 0 Å². The number of nitrogens with one attached hydrogen (secondary N) is 1. The number of fused-ring (bicyclic) bond motifs is 4. The monoisotopic (exact) mass is 659 g/mol. The van der Waals surface area contributed by atoms with Crippen LogP contribution >= 0.6 is 0 Å². The van der Waals surface area contributed by atoms with E-state index in [1.807, 2.05) is 48.5 Å². The van der Waals surface area contributed by atoms with Crippen molar-refractivity contribution in [1.29, 1.82) is 0 Å². The van der Waals surface area contributed by atoms with Crippen molar-refractivity contribution in [2.45, 2.75) is 51.6 Å². The van der Waals surface area contributed by atoms with E-state index in [1.165, 1.54) is 0 Å². The smallest absolute Gasteiger partial charge is 0.274 e. The van der Waals surface area contributed by atoms with E-state index in [9.17, 15) is 9.59 Å². The Morgan fingerprint density at radius 3 is 2.65 bits per heavy atom. The number of methoxy groups -OCH3 is 2. The highest BCUT2D eigenvalue weighted by Crippen LogP contribution is 2.39. The summed E-state index contributed by atoms with van der Waals surface area (Å²) in [6.45, 7) is 2.76. The molecular formula is C37H37N7O5. The van der Waals surface area contributed by atoms with Gasteiger partial charge >= 0.3 is 0 Å². The summed E-state index contributed by atoms with van der Waals surface area (Å²) < 4.78 is 18.5. The summed E-state index contributed by atoms with van der Waals surface area (Å²) in [6, 6.07) is 15.6. The molecule has 3 aromatic heterocycles. The third-order valence-corrected chi connectivity index (χ3v) is 9.63. The zero-order valence-corrected chi connectivity index (χ0v) is 27.7. The van der Waals surface area contributed by atoms with E-state index in [2.05, 4.69) is 15.4 Å². The van der Waals surface area contributed by atoms with Crippen molar-refractivity contribution < 1.29 is 23.8 Å². The molecule has 0 atom stereocenters. The highest BCUT2D eigenvalue weighted by Gasteiger charge is 2.32. The first-order valence-corrected chi connectivity index (χ1v) is 16.5. The predicted molar refractivity (Wildman–Crippen MR) is 183 cm³/mol. The molecule has 1 aliphatic carbocycles. The number of ether oxygens (including phenoxy) is 3. The van der Waals surface area contributed by atoms with E-state index >= 15 is 0 Å². The molecule has 1 N–H and O–H groups in total. The van der Waals surface area contributed by atoms with Crippen LogP contribution in [0.1, 0.15) is 67.6 Å². The number of benzene rings is 2. The average molecular weight is 660 g/mol. The number of carbonyl (C=O) groups excluding carboxylic acids is 2. The highest BCUT2D eigenvalue weighted by atomic mass is 16.5. The molecule has 3 aliphatic rings. The number of aromatic nitrogens is 4. The number of hydrogen-bond donors (Lipinski definition) is 1. The van der Waals surface area contributed by atoms with Gasteiger partial charge in [0.25, 0.3) is 11.8 Å². The summed E-state index contributed by atoms with van der Waals surface area (Å²) in [5.74, 6) is 2.24. The summed E-state index contributed by atoms with van der Waals surface area (Å²) >= 11 is 0. The maximum Gasteiger partial charge on any atom is 0.274 e. The lowest BCUT2D eigenvalue weighted by atomic mass is 10.0. The molecule has 49 heavy (non-hydrogen) atoms. The number of anilines is 2. The Bertz CT molecular complexity index is 2090. The Morgan fingerprint density at radius 1 is 1.02 bits per heavy atom. The van der Waals surface area contributed by atoms with Gasteiger partial charge in [0.1, 0.15) is 23.0 Å². The Morgan fingerprint density at radius 2 is 1.88 bits per heavy atom. The van der Waals surface area contributed by atoms with Crippen LogP contribution < -0.4 is 19.7 Å². The first-order chi connectivity index (χ1) is 23.9. The second-order valence-corrected chi connectivity index (χ2v) is 12.8. The number of nitrogens with zero attached hydrogens (tertiary/aromatic N) is 6. The van der Waals surface area contributed by atoms with Crippen LogP contribution in [0.2, 0.25) is 0 Å². The number of carbonyl (C=O) groups is 2. The summed E-state index contributed by atoms with van der Waals surface area (Å²) in [5.41, 5.74) is 7.06. The fourth-order valence-electron chi connectivity index (χ4n) is 6.66. The molecule has 1 saturated carbocycles. The minimum atomic E-state index is -0.252. The first-order valence-electron chi connectivity index (χ1n) is 16.5. The van der Waals surface area contributed by atoms with Gasteiger partial charge in [0.2, 0.25) is 0 Å². The van der Waals surface area contributed by atoms with Gasteiger partial charge < -0.3 is 29.3 Å². The van der Waals surface area contributed by atoms with E-state index in [4.69, 9.17) is 19.2 Å². The molecular weight excluding hydrogens is 622 g/mol. The molecule has 0 radical (unpaired) electrons. The molecule has 5 heterocycles. The molecule has 250 valence electrons. The van der Waals surface area contributed by atoms with Crippen molar-refractivity contribution in [3.8, 4) is 11.5 Å². The van der Waals surface area contributed by atoms with E-state index in [0.717, 1.165) is 69.0 Å². The van der Waals surface area contributed by atoms with Gasteiger partial charge in [-0.3, -0.25) is 19.3 Å². The lowest BCUT2D eigenvalue weighted by molar-refractivity contribution is 0.0743. The number of rotatable bonds is 10. The SMILES string of the molecule is COc1ccc(CNc2nc3cc(CN(C(=O)c4ccc(C5CC5)nc4)c4cnn5c4C(=O)N(C)CC5)ccc3c3c2COC3)c(OC)c1. The number of likely N-dealkylation sites (N-methyl/N-ethyl adjacent to an activating group) is 1. The molecule has 12 heteroatoms. The molecule has 0 bridgehead atoms. The van der Waals surface area contributed by atoms with Gasteiger partial charge in [0, 0.05) is 60.5 Å². The Hall–Kier alpha value is -5.49. The molecule has 12 nitrogen and oxygen atoms in total. The van der Waals surface area contributed by atoms with Crippen molar-refractivity contribution in [3.63, 3.8) is 0 Å². The van der Waals surface area contributed by atoms with E-state index < -0.39 is 0 Å². The molecule has 8 rings (SSSR count). The van der Waals surface area contributed by atoms with Gasteiger partial charge in [-0.2, -0.15) is 5.10 Å². The quantitative estimate of drug-likeness (QED) is 0.213. The summed E-state index contributed by atoms with van der Waals surface area (Å²) in [6.07, 6.45) is 5.52. The maximum absolute atomic E-state index is 14.3. The highest BCUT2D eigenvalue weighted by molar-refractivity contribution is 6.10. The predicted octanol–water partition coefficient (Wildman–Crippen LogP) is 5.30. The van der Waals surface area contributed by atoms with Crippen molar-refractivity contribution in [2.24, 2.45) is 0 Å². The minimum Gasteiger partial charge on any atom is -0.497 e. The molecule has 0 spiro atoms. The molecule has 2 aromatic carbocycles. The molecule has 1 fully saturated rings. The van der Waals surface area contributed by atoms with Crippen molar-refractivity contribution in [3.05, 3.63) is 100 Å². The van der Waals surface area contributed by atoms with Gasteiger partial charge in [0.05, 0.1) is 63.5 Å². The van der Waals surface area contributed by atoms with Crippen LogP contribution in [0.25, 0.3) is 10.9 Å². The van der Waals surface area contributed by atoms with Crippen LogP contribution in [0.4, 0.5) is 11.5 Å². The van der Waals surface area contributed by atoms with Crippen LogP contribution in [0.3, 0.4) is 0 Å². The summed E-state index contributed by atoms with van der Waals surface area (Å²) in [5, 5.41) is 9.02. The maximum atomic E-state index is 14.3. The van der Waals surface area contributed by atoms with Gasteiger partial charge in [0.15, 0.2) is 0 Å². The number of pyridine rings is 2. The van der Waals surface area contributed by atoms with Crippen molar-refractivity contribution in [2.75, 3.05) is 38.0 Å². The van der Waals surface area contributed by atoms with Crippen LogP contribution in [0.5, 0.6) is 11.5 Å². The largest absolute Gasteiger partial charge is 0.497 e. The van der Waals surface area contributed by atoms with Crippen LogP contribution in [0.15, 0.2) is 60.9 Å². The lowest BCUT2D eigenvalue weighted by Gasteiger charge is -2.27. The standard InChI is InChI=1S/C37H37N7O5/c1-42-12-13-44-34(37(42)46)32(18-40-44)43(36(45)25-8-11-30(38-17-25)23-5-6-23)19-22-4-10-27-28-20-49-21-29(28)35(41-31(27)14-22)39-16-24-7-9-26(47-2)15-33(24)48-3/h4,7-11,14-15,17-18,23H,5-6,12-13,16,19-21H2,1-3H3,(H,39,41). The lowest BCUT2D eigenvalue weighted by Crippen LogP contribution is -2.39. The van der Waals surface area contributed by atoms with Crippen LogP contribution in [-0.2, 0) is 37.6 Å². The number of amides is 2. The molecule has 2 amide bonds. The van der Waals surface area contributed by atoms with Gasteiger partial charge in [-0.1, -0.05) is 12.1 Å². The second kappa shape index (κ2) is 12.5. The van der Waals surface area contributed by atoms with Gasteiger partial charge in [-0.05, 0) is 54.3 Å². The Kier molecular flexibility index (Phi) is 7.87. The molecule has 2 aliphatic heterocycles. The fraction of sp³-hybridized carbons (Fsp3) is 0.324. The summed E-state index contributed by atoms with van der Waals surface area (Å²) in [4.78, 5) is 40.6. The first kappa shape index (κ1) is 30.8. The van der Waals surface area contributed by atoms with Crippen LogP contribution in [0, 0.1) is 0 Å². The Labute approximate surface area is 283 Å². The van der Waals surface area contributed by atoms with Gasteiger partial charge in [-0.25, -0.2) is 4.98 Å². The van der Waals surface area contributed by atoms with Crippen molar-refractivity contribution in [1.82, 2.24) is 24.6 Å². The Balaban J connectivity index is 1.14.